The van der Waals surface area contributed by atoms with Crippen molar-refractivity contribution in [2.45, 2.75) is 19.0 Å². The third-order valence-electron chi connectivity index (χ3n) is 3.10. The summed E-state index contributed by atoms with van der Waals surface area (Å²) in [6.45, 7) is -0.0959. The average molecular weight is 274 g/mol. The van der Waals surface area contributed by atoms with Crippen LogP contribution in [0.3, 0.4) is 0 Å². The van der Waals surface area contributed by atoms with Crippen LogP contribution in [-0.2, 0) is 11.0 Å². The summed E-state index contributed by atoms with van der Waals surface area (Å²) in [7, 11) is 0. The minimum absolute atomic E-state index is 0.0433. The Morgan fingerprint density at radius 3 is 2.63 bits per heavy atom. The van der Waals surface area contributed by atoms with E-state index in [1.165, 1.54) is 12.1 Å². The lowest BCUT2D eigenvalue weighted by molar-refractivity contribution is -0.143. The summed E-state index contributed by atoms with van der Waals surface area (Å²) in [6, 6.07) is 4.46. The van der Waals surface area contributed by atoms with Gasteiger partial charge in [-0.05, 0) is 37.0 Å². The van der Waals surface area contributed by atoms with Crippen LogP contribution in [0.25, 0.3) is 0 Å². The molecule has 0 heterocycles. The number of halogens is 3. The Morgan fingerprint density at radius 1 is 1.42 bits per heavy atom. The third kappa shape index (κ3) is 3.62. The second-order valence-corrected chi connectivity index (χ2v) is 4.62. The van der Waals surface area contributed by atoms with E-state index in [2.05, 4.69) is 0 Å². The molecule has 0 amide bonds. The molecule has 1 fully saturated rings. The van der Waals surface area contributed by atoms with Gasteiger partial charge in [0.1, 0.15) is 12.4 Å². The summed E-state index contributed by atoms with van der Waals surface area (Å²) < 4.78 is 42.6. The summed E-state index contributed by atoms with van der Waals surface area (Å²) in [5.41, 5.74) is -0.803. The predicted molar refractivity (Wildman–Crippen MR) is 60.8 cm³/mol. The van der Waals surface area contributed by atoms with Crippen molar-refractivity contribution in [3.05, 3.63) is 29.8 Å². The molecule has 1 aliphatic rings. The summed E-state index contributed by atoms with van der Waals surface area (Å²) in [4.78, 5) is 11.0. The predicted octanol–water partition coefficient (Wildman–Crippen LogP) is 3.20. The fourth-order valence-corrected chi connectivity index (χ4v) is 1.86. The van der Waals surface area contributed by atoms with Gasteiger partial charge in [0.05, 0.1) is 11.5 Å². The van der Waals surface area contributed by atoms with E-state index in [9.17, 15) is 18.0 Å². The number of carboxylic acid groups (broad SMARTS) is 1. The van der Waals surface area contributed by atoms with Gasteiger partial charge < -0.3 is 9.84 Å². The Kier molecular flexibility index (Phi) is 3.68. The molecule has 1 aliphatic carbocycles. The number of aliphatic carboxylic acids is 1. The molecule has 0 radical (unpaired) electrons. The van der Waals surface area contributed by atoms with Crippen molar-refractivity contribution in [1.82, 2.24) is 0 Å². The van der Waals surface area contributed by atoms with Crippen LogP contribution in [0.5, 0.6) is 5.75 Å². The lowest BCUT2D eigenvalue weighted by atomic mass is 10.1. The highest BCUT2D eigenvalue weighted by Gasteiger charge is 2.37. The van der Waals surface area contributed by atoms with E-state index in [0.717, 1.165) is 25.0 Å². The molecule has 0 aromatic heterocycles. The van der Waals surface area contributed by atoms with Crippen LogP contribution in [0.1, 0.15) is 18.4 Å². The van der Waals surface area contributed by atoms with E-state index in [1.54, 1.807) is 0 Å². The minimum Gasteiger partial charge on any atom is -0.493 e. The molecule has 0 bridgehead atoms. The number of carbonyl (C=O) groups is 1. The second kappa shape index (κ2) is 5.11. The fourth-order valence-electron chi connectivity index (χ4n) is 1.86. The molecule has 19 heavy (non-hydrogen) atoms. The lowest BCUT2D eigenvalue weighted by Crippen LogP contribution is -2.23. The maximum absolute atomic E-state index is 12.5. The zero-order valence-corrected chi connectivity index (χ0v) is 9.98. The normalized spacial score (nSPS) is 17.0. The highest BCUT2D eigenvalue weighted by atomic mass is 19.4. The van der Waals surface area contributed by atoms with Gasteiger partial charge in [-0.3, -0.25) is 4.79 Å². The molecule has 1 aromatic carbocycles. The first-order valence-corrected chi connectivity index (χ1v) is 5.91. The van der Waals surface area contributed by atoms with Crippen LogP contribution in [-0.4, -0.2) is 17.7 Å². The average Bonchev–Trinajstić information content (AvgIpc) is 3.12. The molecule has 1 unspecified atom stereocenters. The van der Waals surface area contributed by atoms with Gasteiger partial charge >= 0.3 is 12.1 Å². The number of hydrogen-bond acceptors (Lipinski definition) is 2. The van der Waals surface area contributed by atoms with E-state index in [0.29, 0.717) is 0 Å². The number of carboxylic acids is 1. The molecule has 1 N–H and O–H groups in total. The number of hydrogen-bond donors (Lipinski definition) is 1. The molecule has 0 aliphatic heterocycles. The van der Waals surface area contributed by atoms with Gasteiger partial charge in [0.25, 0.3) is 0 Å². The lowest BCUT2D eigenvalue weighted by Gasteiger charge is -2.14. The SMILES string of the molecule is O=C(O)C(COc1cccc(C(F)(F)F)c1)C1CC1. The van der Waals surface area contributed by atoms with Gasteiger partial charge in [0, 0.05) is 0 Å². The summed E-state index contributed by atoms with van der Waals surface area (Å²) >= 11 is 0. The van der Waals surface area contributed by atoms with E-state index in [1.807, 2.05) is 0 Å². The first-order chi connectivity index (χ1) is 8.88. The molecule has 0 saturated heterocycles. The highest BCUT2D eigenvalue weighted by Crippen LogP contribution is 2.37. The zero-order chi connectivity index (χ0) is 14.0. The van der Waals surface area contributed by atoms with Crippen LogP contribution in [0.15, 0.2) is 24.3 Å². The van der Waals surface area contributed by atoms with Gasteiger partial charge in [-0.25, -0.2) is 0 Å². The largest absolute Gasteiger partial charge is 0.493 e. The van der Waals surface area contributed by atoms with Crippen molar-refractivity contribution in [3.63, 3.8) is 0 Å². The second-order valence-electron chi connectivity index (χ2n) is 4.62. The standard InChI is InChI=1S/C13H13F3O3/c14-13(15,16)9-2-1-3-10(6-9)19-7-11(12(17)18)8-4-5-8/h1-3,6,8,11H,4-5,7H2,(H,17,18). The van der Waals surface area contributed by atoms with Gasteiger partial charge in [0.15, 0.2) is 0 Å². The van der Waals surface area contributed by atoms with Crippen molar-refractivity contribution in [2.24, 2.45) is 11.8 Å². The van der Waals surface area contributed by atoms with Crippen LogP contribution < -0.4 is 4.74 Å². The topological polar surface area (TPSA) is 46.5 Å². The van der Waals surface area contributed by atoms with Gasteiger partial charge in [-0.2, -0.15) is 13.2 Å². The van der Waals surface area contributed by atoms with E-state index in [4.69, 9.17) is 9.84 Å². The molecular weight excluding hydrogens is 261 g/mol. The monoisotopic (exact) mass is 274 g/mol. The van der Waals surface area contributed by atoms with E-state index >= 15 is 0 Å². The molecular formula is C13H13F3O3. The molecule has 1 saturated carbocycles. The number of ether oxygens (including phenoxy) is 1. The van der Waals surface area contributed by atoms with Crippen molar-refractivity contribution in [1.29, 1.82) is 0 Å². The Labute approximate surface area is 108 Å². The van der Waals surface area contributed by atoms with Gasteiger partial charge in [0.2, 0.25) is 0 Å². The van der Waals surface area contributed by atoms with E-state index < -0.39 is 23.6 Å². The van der Waals surface area contributed by atoms with E-state index in [-0.39, 0.29) is 18.3 Å². The fraction of sp³-hybridized carbons (Fsp3) is 0.462. The number of alkyl halides is 3. The summed E-state index contributed by atoms with van der Waals surface area (Å²) in [5, 5.41) is 8.99. The number of rotatable bonds is 5. The summed E-state index contributed by atoms with van der Waals surface area (Å²) in [5.74, 6) is -1.48. The van der Waals surface area contributed by atoms with Gasteiger partial charge in [-0.1, -0.05) is 6.07 Å². The first-order valence-electron chi connectivity index (χ1n) is 5.91. The molecule has 6 heteroatoms. The zero-order valence-electron chi connectivity index (χ0n) is 9.98. The first kappa shape index (κ1) is 13.7. The number of benzene rings is 1. The Bertz CT molecular complexity index is 466. The maximum Gasteiger partial charge on any atom is 0.416 e. The minimum atomic E-state index is -4.43. The van der Waals surface area contributed by atoms with Crippen LogP contribution in [0, 0.1) is 11.8 Å². The molecule has 104 valence electrons. The Morgan fingerprint density at radius 2 is 2.11 bits per heavy atom. The Balaban J connectivity index is 2.01. The van der Waals surface area contributed by atoms with Gasteiger partial charge in [-0.15, -0.1) is 0 Å². The maximum atomic E-state index is 12.5. The van der Waals surface area contributed by atoms with Crippen molar-refractivity contribution in [2.75, 3.05) is 6.61 Å². The quantitative estimate of drug-likeness (QED) is 0.896. The molecule has 1 aromatic rings. The van der Waals surface area contributed by atoms with Crippen molar-refractivity contribution < 1.29 is 27.8 Å². The van der Waals surface area contributed by atoms with Crippen molar-refractivity contribution >= 4 is 5.97 Å². The molecule has 3 nitrogen and oxygen atoms in total. The van der Waals surface area contributed by atoms with Crippen LogP contribution in [0.4, 0.5) is 13.2 Å². The Hall–Kier alpha value is -1.72. The molecule has 0 spiro atoms. The molecule has 2 rings (SSSR count). The smallest absolute Gasteiger partial charge is 0.416 e. The van der Waals surface area contributed by atoms with Crippen molar-refractivity contribution in [3.8, 4) is 5.75 Å². The highest BCUT2D eigenvalue weighted by molar-refractivity contribution is 5.71. The molecule has 1 atom stereocenters. The third-order valence-corrected chi connectivity index (χ3v) is 3.10. The summed E-state index contributed by atoms with van der Waals surface area (Å²) in [6.07, 6.45) is -2.76. The van der Waals surface area contributed by atoms with Crippen LogP contribution in [0.2, 0.25) is 0 Å². The van der Waals surface area contributed by atoms with Crippen LogP contribution >= 0.6 is 0 Å².